The van der Waals surface area contributed by atoms with Crippen LogP contribution in [-0.2, 0) is 9.59 Å². The first-order valence-electron chi connectivity index (χ1n) is 9.41. The summed E-state index contributed by atoms with van der Waals surface area (Å²) in [5.41, 5.74) is 3.07. The molecule has 0 aromatic heterocycles. The molecule has 5 nitrogen and oxygen atoms in total. The monoisotopic (exact) mass is 431 g/mol. The Balaban J connectivity index is 1.78. The van der Waals surface area contributed by atoms with Crippen LogP contribution >= 0.6 is 23.4 Å². The molecule has 1 aliphatic rings. The van der Waals surface area contributed by atoms with Gasteiger partial charge in [-0.1, -0.05) is 12.1 Å². The SMILES string of the molecule is CN(C)c1ccc(N2C(=O)CS[C@@H]2c2ccc(NC(=O)C(C)(C)CCl)cc2)cc1. The third kappa shape index (κ3) is 4.70. The number of carbonyl (C=O) groups excluding carboxylic acids is 2. The maximum atomic E-state index is 12.6. The van der Waals surface area contributed by atoms with Crippen molar-refractivity contribution in [2.24, 2.45) is 5.41 Å². The number of alkyl halides is 1. The van der Waals surface area contributed by atoms with Gasteiger partial charge in [0.2, 0.25) is 11.8 Å². The summed E-state index contributed by atoms with van der Waals surface area (Å²) in [5, 5.41) is 2.82. The number of hydrogen-bond acceptors (Lipinski definition) is 4. The molecule has 1 fully saturated rings. The number of nitrogens with one attached hydrogen (secondary N) is 1. The van der Waals surface area contributed by atoms with Gasteiger partial charge in [0.05, 0.1) is 11.2 Å². The van der Waals surface area contributed by atoms with Crippen LogP contribution < -0.4 is 15.1 Å². The van der Waals surface area contributed by atoms with E-state index in [-0.39, 0.29) is 23.1 Å². The molecule has 1 aliphatic heterocycles. The minimum Gasteiger partial charge on any atom is -0.378 e. The van der Waals surface area contributed by atoms with Crippen molar-refractivity contribution in [1.29, 1.82) is 0 Å². The van der Waals surface area contributed by atoms with E-state index in [1.54, 1.807) is 11.8 Å². The van der Waals surface area contributed by atoms with Crippen molar-refractivity contribution in [2.75, 3.05) is 40.8 Å². The molecule has 0 bridgehead atoms. The fourth-order valence-corrected chi connectivity index (χ4v) is 4.25. The Labute approximate surface area is 181 Å². The van der Waals surface area contributed by atoms with Crippen LogP contribution in [0.3, 0.4) is 0 Å². The minimum absolute atomic E-state index is 0.0864. The lowest BCUT2D eigenvalue weighted by Gasteiger charge is -2.25. The number of hydrogen-bond donors (Lipinski definition) is 1. The van der Waals surface area contributed by atoms with E-state index in [4.69, 9.17) is 11.6 Å². The van der Waals surface area contributed by atoms with Crippen molar-refractivity contribution < 1.29 is 9.59 Å². The van der Waals surface area contributed by atoms with E-state index in [0.717, 1.165) is 16.9 Å². The smallest absolute Gasteiger partial charge is 0.238 e. The normalized spacial score (nSPS) is 16.8. The number of anilines is 3. The van der Waals surface area contributed by atoms with Gasteiger partial charge in [-0.3, -0.25) is 14.5 Å². The van der Waals surface area contributed by atoms with Crippen LogP contribution in [0.15, 0.2) is 48.5 Å². The molecule has 154 valence electrons. The highest BCUT2D eigenvalue weighted by Crippen LogP contribution is 2.42. The Kier molecular flexibility index (Phi) is 6.44. The highest BCUT2D eigenvalue weighted by molar-refractivity contribution is 8.00. The van der Waals surface area contributed by atoms with Crippen LogP contribution in [0.5, 0.6) is 0 Å². The first-order valence-corrected chi connectivity index (χ1v) is 11.0. The van der Waals surface area contributed by atoms with Crippen molar-refractivity contribution >= 4 is 52.2 Å². The second-order valence-corrected chi connectivity index (χ2v) is 9.27. The lowest BCUT2D eigenvalue weighted by Crippen LogP contribution is -2.32. The summed E-state index contributed by atoms with van der Waals surface area (Å²) in [4.78, 5) is 28.7. The van der Waals surface area contributed by atoms with Gasteiger partial charge in [-0.15, -0.1) is 23.4 Å². The van der Waals surface area contributed by atoms with Crippen LogP contribution in [0.1, 0.15) is 24.8 Å². The van der Waals surface area contributed by atoms with Gasteiger partial charge in [0.15, 0.2) is 0 Å². The van der Waals surface area contributed by atoms with Gasteiger partial charge >= 0.3 is 0 Å². The Morgan fingerprint density at radius 1 is 1.17 bits per heavy atom. The van der Waals surface area contributed by atoms with Crippen molar-refractivity contribution in [3.8, 4) is 0 Å². The predicted octanol–water partition coefficient (Wildman–Crippen LogP) is 4.73. The third-order valence-electron chi connectivity index (χ3n) is 4.91. The fourth-order valence-electron chi connectivity index (χ4n) is 2.95. The van der Waals surface area contributed by atoms with Crippen LogP contribution in [-0.4, -0.2) is 37.5 Å². The lowest BCUT2D eigenvalue weighted by atomic mass is 9.95. The zero-order valence-electron chi connectivity index (χ0n) is 17.1. The maximum Gasteiger partial charge on any atom is 0.238 e. The van der Waals surface area contributed by atoms with Gasteiger partial charge in [-0.25, -0.2) is 0 Å². The zero-order chi connectivity index (χ0) is 21.2. The number of amides is 2. The lowest BCUT2D eigenvalue weighted by molar-refractivity contribution is -0.123. The topological polar surface area (TPSA) is 52.6 Å². The minimum atomic E-state index is -0.635. The summed E-state index contributed by atoms with van der Waals surface area (Å²) in [7, 11) is 3.98. The van der Waals surface area contributed by atoms with Crippen LogP contribution in [0, 0.1) is 5.41 Å². The standard InChI is InChI=1S/C22H26ClN3O2S/c1-22(2,14-23)21(28)24-16-7-5-15(6-8-16)20-26(19(27)13-29-20)18-11-9-17(10-12-18)25(3)4/h5-12,20H,13-14H2,1-4H3,(H,24,28)/t20-/m1/s1. The number of nitrogens with zero attached hydrogens (tertiary/aromatic N) is 2. The van der Waals surface area contributed by atoms with E-state index >= 15 is 0 Å². The second kappa shape index (κ2) is 8.67. The summed E-state index contributed by atoms with van der Waals surface area (Å²) in [6, 6.07) is 15.6. The summed E-state index contributed by atoms with van der Waals surface area (Å²) in [6.07, 6.45) is 0. The van der Waals surface area contributed by atoms with Gasteiger partial charge < -0.3 is 10.2 Å². The molecule has 0 radical (unpaired) electrons. The Hall–Kier alpha value is -2.18. The number of benzene rings is 2. The number of carbonyl (C=O) groups is 2. The predicted molar refractivity (Wildman–Crippen MR) is 123 cm³/mol. The second-order valence-electron chi connectivity index (χ2n) is 7.93. The first-order chi connectivity index (χ1) is 13.7. The van der Waals surface area contributed by atoms with Crippen molar-refractivity contribution in [2.45, 2.75) is 19.2 Å². The highest BCUT2D eigenvalue weighted by Gasteiger charge is 2.34. The van der Waals surface area contributed by atoms with Crippen LogP contribution in [0.2, 0.25) is 0 Å². The number of thioether (sulfide) groups is 1. The molecule has 29 heavy (non-hydrogen) atoms. The third-order valence-corrected chi connectivity index (χ3v) is 6.80. The largest absolute Gasteiger partial charge is 0.378 e. The van der Waals surface area contributed by atoms with Crippen molar-refractivity contribution in [3.05, 3.63) is 54.1 Å². The Morgan fingerprint density at radius 3 is 2.34 bits per heavy atom. The van der Waals surface area contributed by atoms with Crippen LogP contribution in [0.4, 0.5) is 17.1 Å². The zero-order valence-corrected chi connectivity index (χ0v) is 18.7. The van der Waals surface area contributed by atoms with Gasteiger partial charge in [-0.05, 0) is 55.8 Å². The molecular weight excluding hydrogens is 406 g/mol. The summed E-state index contributed by atoms with van der Waals surface area (Å²) >= 11 is 7.48. The van der Waals surface area contributed by atoms with Gasteiger partial charge in [0, 0.05) is 37.0 Å². The van der Waals surface area contributed by atoms with Crippen molar-refractivity contribution in [1.82, 2.24) is 0 Å². The quantitative estimate of drug-likeness (QED) is 0.671. The molecule has 2 amide bonds. The Bertz CT molecular complexity index is 882. The molecule has 2 aromatic rings. The highest BCUT2D eigenvalue weighted by atomic mass is 35.5. The average Bonchev–Trinajstić information content (AvgIpc) is 3.10. The van der Waals surface area contributed by atoms with E-state index in [2.05, 4.69) is 5.32 Å². The molecule has 2 aromatic carbocycles. The molecule has 1 N–H and O–H groups in total. The fraction of sp³-hybridized carbons (Fsp3) is 0.364. The summed E-state index contributed by atoms with van der Waals surface area (Å²) in [5.74, 6) is 0.675. The number of rotatable bonds is 6. The van der Waals surface area contributed by atoms with E-state index in [0.29, 0.717) is 11.4 Å². The maximum absolute atomic E-state index is 12.6. The molecule has 7 heteroatoms. The molecule has 0 aliphatic carbocycles. The molecule has 3 rings (SSSR count). The van der Waals surface area contributed by atoms with E-state index < -0.39 is 5.41 Å². The molecule has 1 saturated heterocycles. The Morgan fingerprint density at radius 2 is 1.79 bits per heavy atom. The van der Waals surface area contributed by atoms with E-state index in [1.165, 1.54) is 0 Å². The van der Waals surface area contributed by atoms with E-state index in [1.807, 2.05) is 86.3 Å². The molecule has 1 atom stereocenters. The van der Waals surface area contributed by atoms with Gasteiger partial charge in [0.1, 0.15) is 5.37 Å². The average molecular weight is 432 g/mol. The molecular formula is C22H26ClN3O2S. The van der Waals surface area contributed by atoms with Gasteiger partial charge in [-0.2, -0.15) is 0 Å². The van der Waals surface area contributed by atoms with Crippen molar-refractivity contribution in [3.63, 3.8) is 0 Å². The van der Waals surface area contributed by atoms with Crippen LogP contribution in [0.25, 0.3) is 0 Å². The molecule has 1 heterocycles. The van der Waals surface area contributed by atoms with Gasteiger partial charge in [0.25, 0.3) is 0 Å². The first kappa shape index (κ1) is 21.5. The van der Waals surface area contributed by atoms with E-state index in [9.17, 15) is 9.59 Å². The summed E-state index contributed by atoms with van der Waals surface area (Å²) in [6.45, 7) is 3.62. The molecule has 0 unspecified atom stereocenters. The molecule has 0 spiro atoms. The summed E-state index contributed by atoms with van der Waals surface area (Å²) < 4.78 is 0. The molecule has 0 saturated carbocycles. The number of halogens is 1.